The minimum Gasteiger partial charge on any atom is -0.497 e. The number of ether oxygens (including phenoxy) is 3. The van der Waals surface area contributed by atoms with E-state index < -0.39 is 17.9 Å². The summed E-state index contributed by atoms with van der Waals surface area (Å²) in [5.41, 5.74) is 13.9. The lowest BCUT2D eigenvalue weighted by atomic mass is 10.1. The summed E-state index contributed by atoms with van der Waals surface area (Å²) in [4.78, 5) is 68.2. The monoisotopic (exact) mass is 1490 g/mol. The fraction of sp³-hybridized carbons (Fsp3) is 0.161. The molecule has 6 N–H and O–H groups in total. The number of aromatic nitrogens is 6. The van der Waals surface area contributed by atoms with Crippen LogP contribution in [-0.4, -0.2) is 84.5 Å². The number of aryl methyl sites for hydroxylation is 3. The third-order valence-electron chi connectivity index (χ3n) is 16.8. The van der Waals surface area contributed by atoms with E-state index in [1.165, 1.54) is 0 Å². The number of nitrogens with zero attached hydrogens (tertiary/aromatic N) is 6. The van der Waals surface area contributed by atoms with Crippen LogP contribution >= 0.6 is 34.0 Å². The zero-order chi connectivity index (χ0) is 76.5. The molecule has 0 radical (unpaired) electrons. The van der Waals surface area contributed by atoms with Crippen LogP contribution in [-0.2, 0) is 59.3 Å². The smallest absolute Gasteiger partial charge is 0.307 e. The standard InChI is InChI=1S/C30H29N3O3S.C29H27N3O3S.C28H27N3O3S/c1-4-6-25-26(5-2)32-30(33-29(25)31-22-12-7-21(8-13-22)19-28(34)35)27-18-17-24(37-27)16-11-20-9-14-23(36-3)15-10-20;1-4-5-25-19(2)30-29(32-28(25)31-22-11-6-21(7-12-22)18-27(33)34)26-17-16-24(36-26)15-10-20-8-13-23(35-3)14-9-20;1-4-24-18(2)29-28(31-27(24)30-21-10-5-20(6-11-21)17-26(32)33)25-16-15-23(35-25)14-9-19-7-12-22(34-3)13-8-19/h4,7-18H,1,5-6,19H2,2-3H3,(H,34,35)(H,31,32,33);4,6-17H,1,5,18H2,2-3H3,(H,33,34)(H,30,31,32);5-16H,4,17H2,1-3H3,(H,32,33)(H,29,30,31)/b16-11+;15-10+;14-9+. The first kappa shape index (κ1) is 78.2. The minimum atomic E-state index is -0.853. The van der Waals surface area contributed by atoms with E-state index in [9.17, 15) is 14.4 Å². The highest BCUT2D eigenvalue weighted by atomic mass is 32.1. The second kappa shape index (κ2) is 38.5. The molecule has 0 saturated carbocycles. The molecule has 6 aromatic carbocycles. The third kappa shape index (κ3) is 22.3. The van der Waals surface area contributed by atoms with Gasteiger partial charge in [-0.15, -0.1) is 47.2 Å². The number of rotatable bonds is 30. The second-order valence-electron chi connectivity index (χ2n) is 24.5. The van der Waals surface area contributed by atoms with Crippen molar-refractivity contribution in [3.63, 3.8) is 0 Å². The first-order valence-corrected chi connectivity index (χ1v) is 37.2. The summed E-state index contributed by atoms with van der Waals surface area (Å²) in [6.07, 6.45) is 19.0. The van der Waals surface area contributed by atoms with Crippen molar-refractivity contribution in [2.75, 3.05) is 37.3 Å². The van der Waals surface area contributed by atoms with Crippen LogP contribution in [0.1, 0.15) is 95.6 Å². The summed E-state index contributed by atoms with van der Waals surface area (Å²) < 4.78 is 15.7. The van der Waals surface area contributed by atoms with Gasteiger partial charge in [-0.3, -0.25) is 14.4 Å². The van der Waals surface area contributed by atoms with Crippen LogP contribution in [0.25, 0.3) is 68.6 Å². The van der Waals surface area contributed by atoms with Crippen molar-refractivity contribution in [1.29, 1.82) is 0 Å². The highest BCUT2D eigenvalue weighted by Crippen LogP contribution is 2.36. The second-order valence-corrected chi connectivity index (χ2v) is 27.9. The summed E-state index contributed by atoms with van der Waals surface area (Å²) in [6.45, 7) is 15.9. The Bertz CT molecular complexity index is 5170. The molecule has 6 aromatic heterocycles. The summed E-state index contributed by atoms with van der Waals surface area (Å²) in [7, 11) is 4.98. The van der Waals surface area contributed by atoms with E-state index in [0.29, 0.717) is 36.1 Å². The molecule has 0 spiro atoms. The van der Waals surface area contributed by atoms with Crippen molar-refractivity contribution in [2.24, 2.45) is 0 Å². The number of nitrogens with one attached hydrogen (secondary N) is 3. The van der Waals surface area contributed by atoms with Crippen LogP contribution in [0.3, 0.4) is 0 Å². The number of carboxylic acids is 3. The normalized spacial score (nSPS) is 11.0. The van der Waals surface area contributed by atoms with Gasteiger partial charge >= 0.3 is 17.9 Å². The molecule has 12 rings (SSSR count). The number of methoxy groups -OCH3 is 3. The molecule has 0 aliphatic rings. The fourth-order valence-electron chi connectivity index (χ4n) is 11.2. The van der Waals surface area contributed by atoms with Gasteiger partial charge in [0.05, 0.1) is 55.2 Å². The predicted octanol–water partition coefficient (Wildman–Crippen LogP) is 20.5. The Kier molecular flexibility index (Phi) is 27.9. The molecular weight excluding hydrogens is 1410 g/mol. The van der Waals surface area contributed by atoms with Crippen LogP contribution in [0, 0.1) is 13.8 Å². The van der Waals surface area contributed by atoms with E-state index in [1.54, 1.807) is 67.5 Å². The fourth-order valence-corrected chi connectivity index (χ4v) is 13.8. The molecule has 0 unspecified atom stereocenters. The molecule has 548 valence electrons. The molecule has 0 bridgehead atoms. The Morgan fingerprint density at radius 3 is 0.991 bits per heavy atom. The topological polar surface area (TPSA) is 253 Å². The van der Waals surface area contributed by atoms with Gasteiger partial charge in [0.2, 0.25) is 0 Å². The minimum absolute atomic E-state index is 0.00484. The summed E-state index contributed by atoms with van der Waals surface area (Å²) in [6, 6.07) is 58.2. The van der Waals surface area contributed by atoms with Crippen LogP contribution < -0.4 is 30.2 Å². The molecule has 0 amide bonds. The largest absolute Gasteiger partial charge is 0.497 e. The van der Waals surface area contributed by atoms with Crippen molar-refractivity contribution in [3.8, 4) is 49.4 Å². The number of allylic oxidation sites excluding steroid dienone is 2. The molecule has 18 nitrogen and oxygen atoms in total. The number of thiophene rings is 3. The van der Waals surface area contributed by atoms with Crippen LogP contribution in [0.15, 0.2) is 207 Å². The van der Waals surface area contributed by atoms with E-state index in [1.807, 2.05) is 178 Å². The van der Waals surface area contributed by atoms with E-state index in [0.717, 1.165) is 155 Å². The Balaban J connectivity index is 0.000000173. The molecule has 0 aliphatic heterocycles. The molecule has 21 heteroatoms. The van der Waals surface area contributed by atoms with Gasteiger partial charge in [-0.05, 0) is 200 Å². The summed E-state index contributed by atoms with van der Waals surface area (Å²) >= 11 is 4.90. The maximum atomic E-state index is 11.0. The van der Waals surface area contributed by atoms with Gasteiger partial charge in [0.15, 0.2) is 17.5 Å². The van der Waals surface area contributed by atoms with E-state index >= 15 is 0 Å². The van der Waals surface area contributed by atoms with Crippen molar-refractivity contribution < 1.29 is 43.9 Å². The number of benzene rings is 6. The average Bonchev–Trinajstić information content (AvgIpc) is 1.33. The lowest BCUT2D eigenvalue weighted by Gasteiger charge is -2.15. The highest BCUT2D eigenvalue weighted by Gasteiger charge is 2.19. The summed E-state index contributed by atoms with van der Waals surface area (Å²) in [5, 5.41) is 37.2. The zero-order valence-electron chi connectivity index (χ0n) is 61.0. The number of anilines is 6. The molecule has 0 saturated heterocycles. The van der Waals surface area contributed by atoms with E-state index in [2.05, 4.69) is 97.6 Å². The highest BCUT2D eigenvalue weighted by molar-refractivity contribution is 7.17. The van der Waals surface area contributed by atoms with Gasteiger partial charge in [-0.2, -0.15) is 0 Å². The molecule has 0 atom stereocenters. The van der Waals surface area contributed by atoms with Gasteiger partial charge in [-0.1, -0.05) is 117 Å². The molecule has 6 heterocycles. The number of hydrogen-bond donors (Lipinski definition) is 6. The average molecular weight is 1490 g/mol. The lowest BCUT2D eigenvalue weighted by Crippen LogP contribution is -2.07. The van der Waals surface area contributed by atoms with Gasteiger partial charge in [0.25, 0.3) is 0 Å². The van der Waals surface area contributed by atoms with Crippen LogP contribution in [0.4, 0.5) is 34.5 Å². The predicted molar refractivity (Wildman–Crippen MR) is 441 cm³/mol. The van der Waals surface area contributed by atoms with Crippen molar-refractivity contribution in [2.45, 2.75) is 72.6 Å². The number of aliphatic carboxylic acids is 3. The van der Waals surface area contributed by atoms with Crippen LogP contribution in [0.5, 0.6) is 17.2 Å². The Hall–Kier alpha value is -12.4. The maximum absolute atomic E-state index is 11.0. The molecular formula is C87H83N9O9S3. The van der Waals surface area contributed by atoms with Gasteiger partial charge in [0.1, 0.15) is 34.7 Å². The maximum Gasteiger partial charge on any atom is 0.307 e. The molecule has 0 aliphatic carbocycles. The van der Waals surface area contributed by atoms with Crippen LogP contribution in [0.2, 0.25) is 0 Å². The first-order chi connectivity index (χ1) is 52.4. The Labute approximate surface area is 641 Å². The van der Waals surface area contributed by atoms with E-state index in [-0.39, 0.29) is 19.3 Å². The Morgan fingerprint density at radius 2 is 0.685 bits per heavy atom. The number of carboxylic acid groups (broad SMARTS) is 3. The molecule has 0 fully saturated rings. The van der Waals surface area contributed by atoms with Crippen molar-refractivity contribution in [3.05, 3.63) is 289 Å². The number of carbonyl (C=O) groups is 3. The summed E-state index contributed by atoms with van der Waals surface area (Å²) in [5.74, 6) is 4.17. The first-order valence-electron chi connectivity index (χ1n) is 34.8. The van der Waals surface area contributed by atoms with E-state index in [4.69, 9.17) is 59.4 Å². The SMILES string of the molecule is C=CCc1c(C)nc(-c2ccc(/C=C/c3ccc(OC)cc3)s2)nc1Nc1ccc(CC(=O)O)cc1.C=CCc1c(CC)nc(-c2ccc(/C=C/c3ccc(OC)cc3)s2)nc1Nc1ccc(CC(=O)O)cc1.CCc1c(C)nc(-c2ccc(/C=C/c3ccc(OC)cc3)s2)nc1Nc1ccc(CC(=O)O)cc1. The van der Waals surface area contributed by atoms with Crippen molar-refractivity contribution >= 4 is 123 Å². The van der Waals surface area contributed by atoms with Gasteiger partial charge < -0.3 is 45.5 Å². The zero-order valence-corrected chi connectivity index (χ0v) is 63.5. The molecule has 12 aromatic rings. The Morgan fingerprint density at radius 1 is 0.380 bits per heavy atom. The third-order valence-corrected chi connectivity index (χ3v) is 20.0. The lowest BCUT2D eigenvalue weighted by molar-refractivity contribution is -0.137. The van der Waals surface area contributed by atoms with Gasteiger partial charge in [-0.25, -0.2) is 29.9 Å². The quantitative estimate of drug-likeness (QED) is 0.0229. The van der Waals surface area contributed by atoms with Gasteiger partial charge in [0, 0.05) is 65.5 Å². The molecule has 108 heavy (non-hydrogen) atoms. The number of hydrogen-bond acceptors (Lipinski definition) is 18. The van der Waals surface area contributed by atoms with Crippen molar-refractivity contribution in [1.82, 2.24) is 29.9 Å².